The Hall–Kier alpha value is -1.42. The van der Waals surface area contributed by atoms with Gasteiger partial charge in [0.2, 0.25) is 0 Å². The normalized spacial score (nSPS) is 15.3. The Morgan fingerprint density at radius 1 is 1.36 bits per heavy atom. The van der Waals surface area contributed by atoms with E-state index < -0.39 is 0 Å². The maximum absolute atomic E-state index is 12.6. The molecular weight excluding hydrogens is 181 g/mol. The lowest BCUT2D eigenvalue weighted by Crippen LogP contribution is -2.38. The Morgan fingerprint density at radius 2 is 1.93 bits per heavy atom. The van der Waals surface area contributed by atoms with Gasteiger partial charge in [-0.2, -0.15) is 0 Å². The molecule has 3 N–H and O–H groups in total. The molecule has 4 heteroatoms. The maximum atomic E-state index is 12.6. The molecule has 0 saturated heterocycles. The van der Waals surface area contributed by atoms with Crippen LogP contribution in [0.3, 0.4) is 0 Å². The van der Waals surface area contributed by atoms with Crippen LogP contribution in [0.15, 0.2) is 24.3 Å². The topological polar surface area (TPSA) is 53.1 Å². The highest BCUT2D eigenvalue weighted by Crippen LogP contribution is 2.31. The van der Waals surface area contributed by atoms with Crippen molar-refractivity contribution in [3.63, 3.8) is 0 Å². The van der Waals surface area contributed by atoms with Crippen molar-refractivity contribution in [2.24, 2.45) is 11.8 Å². The second-order valence-corrected chi connectivity index (χ2v) is 3.51. The van der Waals surface area contributed by atoms with E-state index in [1.165, 1.54) is 17.1 Å². The second kappa shape index (κ2) is 3.38. The largest absolute Gasteiger partial charge is 0.287 e. The Kier molecular flexibility index (Phi) is 2.21. The van der Waals surface area contributed by atoms with E-state index in [1.807, 2.05) is 0 Å². The second-order valence-electron chi connectivity index (χ2n) is 3.51. The highest BCUT2D eigenvalue weighted by molar-refractivity contribution is 5.97. The van der Waals surface area contributed by atoms with Crippen LogP contribution in [0.5, 0.6) is 0 Å². The van der Waals surface area contributed by atoms with E-state index in [0.717, 1.165) is 12.8 Å². The maximum Gasteiger partial charge on any atom is 0.123 e. The van der Waals surface area contributed by atoms with Gasteiger partial charge >= 0.3 is 0 Å². The summed E-state index contributed by atoms with van der Waals surface area (Å²) in [5.41, 5.74) is 0.656. The summed E-state index contributed by atoms with van der Waals surface area (Å²) in [7, 11) is 0. The summed E-state index contributed by atoms with van der Waals surface area (Å²) >= 11 is 0. The minimum absolute atomic E-state index is 0.292. The summed E-state index contributed by atoms with van der Waals surface area (Å²) in [4.78, 5) is 0. The number of nitrogens with two attached hydrogens (primary N) is 1. The highest BCUT2D eigenvalue weighted by Gasteiger charge is 2.29. The van der Waals surface area contributed by atoms with Gasteiger partial charge in [0.25, 0.3) is 0 Å². The lowest BCUT2D eigenvalue weighted by molar-refractivity contribution is 0.628. The van der Waals surface area contributed by atoms with E-state index in [1.54, 1.807) is 12.1 Å². The Labute approximate surface area is 81.8 Å². The third kappa shape index (κ3) is 1.75. The molecule has 0 aromatic heterocycles. The lowest BCUT2D eigenvalue weighted by Gasteiger charge is -2.18. The molecule has 0 aliphatic heterocycles. The predicted molar refractivity (Wildman–Crippen MR) is 53.5 cm³/mol. The molecule has 0 radical (unpaired) electrons. The third-order valence-corrected chi connectivity index (χ3v) is 2.33. The standard InChI is InChI=1S/C10H12FN3/c11-8-3-5-9(6-4-8)14(13)10(12)7-1-2-7/h3-7,12H,1-2,13H2. The van der Waals surface area contributed by atoms with Crippen LogP contribution in [-0.4, -0.2) is 5.84 Å². The molecule has 1 fully saturated rings. The molecule has 2 rings (SSSR count). The Balaban J connectivity index is 2.13. The number of amidine groups is 1. The first kappa shape index (κ1) is 9.15. The van der Waals surface area contributed by atoms with Crippen LogP contribution >= 0.6 is 0 Å². The number of hydrogen-bond donors (Lipinski definition) is 2. The summed E-state index contributed by atoms with van der Waals surface area (Å²) in [6, 6.07) is 5.84. The van der Waals surface area contributed by atoms with E-state index in [0.29, 0.717) is 17.4 Å². The van der Waals surface area contributed by atoms with Crippen LogP contribution in [0.25, 0.3) is 0 Å². The molecule has 0 bridgehead atoms. The average Bonchev–Trinajstić information content (AvgIpc) is 3.00. The molecule has 0 amide bonds. The average molecular weight is 193 g/mol. The molecular formula is C10H12FN3. The van der Waals surface area contributed by atoms with Crippen LogP contribution in [0, 0.1) is 17.1 Å². The zero-order valence-electron chi connectivity index (χ0n) is 7.70. The van der Waals surface area contributed by atoms with E-state index in [2.05, 4.69) is 0 Å². The van der Waals surface area contributed by atoms with Crippen molar-refractivity contribution in [1.82, 2.24) is 0 Å². The molecule has 1 aliphatic rings. The summed E-state index contributed by atoms with van der Waals surface area (Å²) in [6.07, 6.45) is 2.07. The smallest absolute Gasteiger partial charge is 0.123 e. The molecule has 3 nitrogen and oxygen atoms in total. The number of rotatable bonds is 2. The number of hydrazine groups is 1. The monoisotopic (exact) mass is 193 g/mol. The molecule has 1 aromatic carbocycles. The van der Waals surface area contributed by atoms with Gasteiger partial charge in [-0.3, -0.25) is 10.4 Å². The lowest BCUT2D eigenvalue weighted by atomic mass is 10.3. The summed E-state index contributed by atoms with van der Waals surface area (Å²) in [5.74, 6) is 6.13. The van der Waals surface area contributed by atoms with Crippen LogP contribution in [0.2, 0.25) is 0 Å². The fourth-order valence-corrected chi connectivity index (χ4v) is 1.29. The minimum atomic E-state index is -0.292. The van der Waals surface area contributed by atoms with Crippen molar-refractivity contribution < 1.29 is 4.39 Å². The Morgan fingerprint density at radius 3 is 2.43 bits per heavy atom. The quantitative estimate of drug-likeness (QED) is 0.326. The molecule has 0 heterocycles. The van der Waals surface area contributed by atoms with Crippen LogP contribution in [-0.2, 0) is 0 Å². The molecule has 14 heavy (non-hydrogen) atoms. The van der Waals surface area contributed by atoms with Crippen molar-refractivity contribution in [1.29, 1.82) is 5.41 Å². The van der Waals surface area contributed by atoms with E-state index >= 15 is 0 Å². The van der Waals surface area contributed by atoms with Gasteiger partial charge in [-0.05, 0) is 37.1 Å². The van der Waals surface area contributed by atoms with Gasteiger partial charge in [0.1, 0.15) is 11.7 Å². The SMILES string of the molecule is N=C(C1CC1)N(N)c1ccc(F)cc1. The first-order valence-electron chi connectivity index (χ1n) is 4.57. The summed E-state index contributed by atoms with van der Waals surface area (Å²) < 4.78 is 12.6. The zero-order chi connectivity index (χ0) is 10.1. The molecule has 1 aliphatic carbocycles. The van der Waals surface area contributed by atoms with Crippen LogP contribution in [0.1, 0.15) is 12.8 Å². The number of hydrogen-bond acceptors (Lipinski definition) is 2. The molecule has 1 aromatic rings. The first-order valence-corrected chi connectivity index (χ1v) is 4.57. The fraction of sp³-hybridized carbons (Fsp3) is 0.300. The number of nitrogens with zero attached hydrogens (tertiary/aromatic N) is 1. The van der Waals surface area contributed by atoms with E-state index in [9.17, 15) is 4.39 Å². The zero-order valence-corrected chi connectivity index (χ0v) is 7.70. The molecule has 0 atom stereocenters. The number of halogens is 1. The van der Waals surface area contributed by atoms with Crippen molar-refractivity contribution in [3.8, 4) is 0 Å². The van der Waals surface area contributed by atoms with Crippen molar-refractivity contribution in [2.45, 2.75) is 12.8 Å². The molecule has 0 spiro atoms. The number of anilines is 1. The van der Waals surface area contributed by atoms with Gasteiger partial charge in [-0.15, -0.1) is 0 Å². The van der Waals surface area contributed by atoms with Crippen molar-refractivity contribution in [3.05, 3.63) is 30.1 Å². The summed E-state index contributed by atoms with van der Waals surface area (Å²) in [6.45, 7) is 0. The summed E-state index contributed by atoms with van der Waals surface area (Å²) in [5, 5.41) is 9.03. The van der Waals surface area contributed by atoms with E-state index in [4.69, 9.17) is 11.3 Å². The van der Waals surface area contributed by atoms with Gasteiger partial charge in [-0.1, -0.05) is 0 Å². The van der Waals surface area contributed by atoms with Gasteiger partial charge < -0.3 is 0 Å². The third-order valence-electron chi connectivity index (χ3n) is 2.33. The predicted octanol–water partition coefficient (Wildman–Crippen LogP) is 1.89. The van der Waals surface area contributed by atoms with Crippen LogP contribution in [0.4, 0.5) is 10.1 Å². The number of nitrogens with one attached hydrogen (secondary N) is 1. The fourth-order valence-electron chi connectivity index (χ4n) is 1.29. The van der Waals surface area contributed by atoms with Gasteiger partial charge in [0.15, 0.2) is 0 Å². The van der Waals surface area contributed by atoms with E-state index in [-0.39, 0.29) is 5.82 Å². The highest BCUT2D eigenvalue weighted by atomic mass is 19.1. The molecule has 1 saturated carbocycles. The number of benzene rings is 1. The van der Waals surface area contributed by atoms with Crippen molar-refractivity contribution >= 4 is 11.5 Å². The Bertz CT molecular complexity index is 343. The van der Waals surface area contributed by atoms with Gasteiger partial charge in [0, 0.05) is 5.92 Å². The van der Waals surface area contributed by atoms with Gasteiger partial charge in [0.05, 0.1) is 5.69 Å². The molecule has 0 unspecified atom stereocenters. The van der Waals surface area contributed by atoms with Crippen LogP contribution < -0.4 is 10.9 Å². The first-order chi connectivity index (χ1) is 6.68. The van der Waals surface area contributed by atoms with Crippen molar-refractivity contribution in [2.75, 3.05) is 5.01 Å². The van der Waals surface area contributed by atoms with Gasteiger partial charge in [-0.25, -0.2) is 10.2 Å². The molecule has 74 valence electrons. The minimum Gasteiger partial charge on any atom is -0.287 e.